The first-order valence-electron chi connectivity index (χ1n) is 6.46. The van der Waals surface area contributed by atoms with E-state index >= 15 is 0 Å². The van der Waals surface area contributed by atoms with Crippen molar-refractivity contribution in [3.05, 3.63) is 42.0 Å². The molecular formula is C15H19N3. The predicted molar refractivity (Wildman–Crippen MR) is 74.5 cm³/mol. The van der Waals surface area contributed by atoms with Crippen LogP contribution in [0.2, 0.25) is 0 Å². The first kappa shape index (κ1) is 11.3. The minimum atomic E-state index is 0.105. The Morgan fingerprint density at radius 1 is 1.28 bits per heavy atom. The lowest BCUT2D eigenvalue weighted by Gasteiger charge is -2.21. The lowest BCUT2D eigenvalue weighted by molar-refractivity contribution is 0.556. The summed E-state index contributed by atoms with van der Waals surface area (Å²) in [5, 5.41) is 3.39. The summed E-state index contributed by atoms with van der Waals surface area (Å²) in [5.74, 6) is 0. The molecule has 0 atom stereocenters. The Balaban J connectivity index is 2.08. The van der Waals surface area contributed by atoms with Crippen molar-refractivity contribution in [3.8, 4) is 5.69 Å². The highest BCUT2D eigenvalue weighted by Gasteiger charge is 2.20. The Labute approximate surface area is 108 Å². The zero-order chi connectivity index (χ0) is 12.8. The Kier molecular flexibility index (Phi) is 2.44. The number of anilines is 1. The van der Waals surface area contributed by atoms with Crippen molar-refractivity contribution in [2.24, 2.45) is 0 Å². The third-order valence-electron chi connectivity index (χ3n) is 3.48. The zero-order valence-corrected chi connectivity index (χ0v) is 11.2. The van der Waals surface area contributed by atoms with Crippen LogP contribution in [0.25, 0.3) is 5.69 Å². The number of rotatable bonds is 1. The van der Waals surface area contributed by atoms with Crippen LogP contribution in [0.3, 0.4) is 0 Å². The van der Waals surface area contributed by atoms with Crippen LogP contribution in [0.1, 0.15) is 32.0 Å². The third kappa shape index (κ3) is 1.80. The fraction of sp³-hybridized carbons (Fsp3) is 0.400. The molecule has 1 aromatic carbocycles. The van der Waals surface area contributed by atoms with Gasteiger partial charge in [-0.25, -0.2) is 4.98 Å². The maximum Gasteiger partial charge on any atom is 0.0994 e. The van der Waals surface area contributed by atoms with E-state index in [1.807, 2.05) is 12.5 Å². The van der Waals surface area contributed by atoms with E-state index in [0.29, 0.717) is 0 Å². The highest BCUT2D eigenvalue weighted by molar-refractivity contribution is 5.59. The summed E-state index contributed by atoms with van der Waals surface area (Å²) in [6.45, 7) is 7.70. The molecule has 0 saturated heterocycles. The van der Waals surface area contributed by atoms with Crippen LogP contribution in [0.15, 0.2) is 30.7 Å². The molecule has 0 spiro atoms. The van der Waals surface area contributed by atoms with Crippen molar-refractivity contribution in [2.45, 2.75) is 32.6 Å². The molecule has 3 heteroatoms. The number of fused-ring (bicyclic) bond motifs is 1. The standard InChI is InChI=1S/C15H19N3/c1-15(2,3)14-9-16-10-18(14)12-4-5-13-11(8-12)6-7-17-13/h4-5,8-10,17H,6-7H2,1-3H3. The van der Waals surface area contributed by atoms with Crippen molar-refractivity contribution < 1.29 is 0 Å². The lowest BCUT2D eigenvalue weighted by atomic mass is 9.92. The van der Waals surface area contributed by atoms with Gasteiger partial charge in [0.25, 0.3) is 0 Å². The van der Waals surface area contributed by atoms with Crippen molar-refractivity contribution in [3.63, 3.8) is 0 Å². The van der Waals surface area contributed by atoms with Gasteiger partial charge in [0.2, 0.25) is 0 Å². The first-order valence-corrected chi connectivity index (χ1v) is 6.46. The van der Waals surface area contributed by atoms with Gasteiger partial charge in [-0.05, 0) is 30.2 Å². The van der Waals surface area contributed by atoms with E-state index in [1.165, 1.54) is 22.6 Å². The minimum absolute atomic E-state index is 0.105. The van der Waals surface area contributed by atoms with Gasteiger partial charge in [-0.15, -0.1) is 0 Å². The van der Waals surface area contributed by atoms with Gasteiger partial charge in [-0.2, -0.15) is 0 Å². The predicted octanol–water partition coefficient (Wildman–Crippen LogP) is 3.14. The average molecular weight is 241 g/mol. The molecule has 2 heterocycles. The number of hydrogen-bond donors (Lipinski definition) is 1. The van der Waals surface area contributed by atoms with Crippen LogP contribution < -0.4 is 5.32 Å². The van der Waals surface area contributed by atoms with E-state index in [1.54, 1.807) is 0 Å². The monoisotopic (exact) mass is 241 g/mol. The van der Waals surface area contributed by atoms with Crippen molar-refractivity contribution in [1.29, 1.82) is 0 Å². The van der Waals surface area contributed by atoms with Gasteiger partial charge >= 0.3 is 0 Å². The molecule has 0 bridgehead atoms. The highest BCUT2D eigenvalue weighted by atomic mass is 15.1. The molecule has 0 unspecified atom stereocenters. The number of aromatic nitrogens is 2. The van der Waals surface area contributed by atoms with Crippen molar-refractivity contribution in [2.75, 3.05) is 11.9 Å². The van der Waals surface area contributed by atoms with Gasteiger partial charge in [-0.3, -0.25) is 0 Å². The molecule has 3 rings (SSSR count). The molecule has 0 radical (unpaired) electrons. The molecule has 18 heavy (non-hydrogen) atoms. The van der Waals surface area contributed by atoms with Crippen LogP contribution in [0.4, 0.5) is 5.69 Å². The first-order chi connectivity index (χ1) is 8.55. The van der Waals surface area contributed by atoms with E-state index in [4.69, 9.17) is 0 Å². The smallest absolute Gasteiger partial charge is 0.0994 e. The quantitative estimate of drug-likeness (QED) is 0.831. The second kappa shape index (κ2) is 3.87. The summed E-state index contributed by atoms with van der Waals surface area (Å²) in [4.78, 5) is 4.31. The largest absolute Gasteiger partial charge is 0.384 e. The molecule has 0 aliphatic carbocycles. The van der Waals surface area contributed by atoms with Crippen LogP contribution in [0, 0.1) is 0 Å². The summed E-state index contributed by atoms with van der Waals surface area (Å²) >= 11 is 0. The van der Waals surface area contributed by atoms with E-state index in [-0.39, 0.29) is 5.41 Å². The Morgan fingerprint density at radius 2 is 2.11 bits per heavy atom. The van der Waals surface area contributed by atoms with Crippen molar-refractivity contribution in [1.82, 2.24) is 9.55 Å². The lowest BCUT2D eigenvalue weighted by Crippen LogP contribution is -2.16. The Hall–Kier alpha value is -1.77. The van der Waals surface area contributed by atoms with Gasteiger partial charge in [0, 0.05) is 35.2 Å². The summed E-state index contributed by atoms with van der Waals surface area (Å²) in [7, 11) is 0. The van der Waals surface area contributed by atoms with Crippen LogP contribution in [-0.2, 0) is 11.8 Å². The van der Waals surface area contributed by atoms with Crippen LogP contribution in [-0.4, -0.2) is 16.1 Å². The molecule has 1 aromatic heterocycles. The minimum Gasteiger partial charge on any atom is -0.384 e. The maximum atomic E-state index is 4.31. The number of nitrogens with one attached hydrogen (secondary N) is 1. The molecule has 0 amide bonds. The SMILES string of the molecule is CC(C)(C)c1cncn1-c1ccc2c(c1)CCN2. The number of hydrogen-bond acceptors (Lipinski definition) is 2. The molecule has 2 aromatic rings. The molecule has 1 N–H and O–H groups in total. The fourth-order valence-corrected chi connectivity index (χ4v) is 2.50. The van der Waals surface area contributed by atoms with E-state index in [0.717, 1.165) is 13.0 Å². The van der Waals surface area contributed by atoms with Gasteiger partial charge < -0.3 is 9.88 Å². The second-order valence-corrected chi connectivity index (χ2v) is 5.92. The van der Waals surface area contributed by atoms with Gasteiger partial charge in [-0.1, -0.05) is 20.8 Å². The normalized spacial score (nSPS) is 14.4. The van der Waals surface area contributed by atoms with Gasteiger partial charge in [0.1, 0.15) is 0 Å². The molecule has 3 nitrogen and oxygen atoms in total. The Bertz CT molecular complexity index is 576. The molecule has 0 saturated carbocycles. The fourth-order valence-electron chi connectivity index (χ4n) is 2.50. The average Bonchev–Trinajstić information content (AvgIpc) is 2.96. The molecular weight excluding hydrogens is 222 g/mol. The van der Waals surface area contributed by atoms with E-state index in [9.17, 15) is 0 Å². The van der Waals surface area contributed by atoms with Crippen LogP contribution in [0.5, 0.6) is 0 Å². The molecule has 94 valence electrons. The van der Waals surface area contributed by atoms with E-state index < -0.39 is 0 Å². The summed E-state index contributed by atoms with van der Waals surface area (Å²) < 4.78 is 2.19. The summed E-state index contributed by atoms with van der Waals surface area (Å²) in [6.07, 6.45) is 4.99. The number of benzene rings is 1. The van der Waals surface area contributed by atoms with Crippen molar-refractivity contribution >= 4 is 5.69 Å². The maximum absolute atomic E-state index is 4.31. The van der Waals surface area contributed by atoms with Gasteiger partial charge in [0.15, 0.2) is 0 Å². The molecule has 1 aliphatic rings. The van der Waals surface area contributed by atoms with E-state index in [2.05, 4.69) is 53.8 Å². The molecule has 0 fully saturated rings. The summed E-state index contributed by atoms with van der Waals surface area (Å²) in [6, 6.07) is 6.60. The topological polar surface area (TPSA) is 29.9 Å². The third-order valence-corrected chi connectivity index (χ3v) is 3.48. The second-order valence-electron chi connectivity index (χ2n) is 5.92. The molecule has 1 aliphatic heterocycles. The number of nitrogens with zero attached hydrogens (tertiary/aromatic N) is 2. The summed E-state index contributed by atoms with van der Waals surface area (Å²) in [5.41, 5.74) is 5.24. The van der Waals surface area contributed by atoms with Crippen LogP contribution >= 0.6 is 0 Å². The highest BCUT2D eigenvalue weighted by Crippen LogP contribution is 2.28. The number of imidazole rings is 1. The zero-order valence-electron chi connectivity index (χ0n) is 11.2. The van der Waals surface area contributed by atoms with Gasteiger partial charge in [0.05, 0.1) is 6.33 Å². The Morgan fingerprint density at radius 3 is 2.89 bits per heavy atom.